The number of piperazine rings is 1. The largest absolute Gasteiger partial charge is 0.486 e. The Labute approximate surface area is 193 Å². The summed E-state index contributed by atoms with van der Waals surface area (Å²) < 4.78 is 39.1. The van der Waals surface area contributed by atoms with Gasteiger partial charge in [-0.25, -0.2) is 8.42 Å². The summed E-state index contributed by atoms with van der Waals surface area (Å²) >= 11 is 6.22. The Morgan fingerprint density at radius 1 is 1.12 bits per heavy atom. The number of hydrogen-bond acceptors (Lipinski definition) is 6. The molecule has 0 aliphatic carbocycles. The van der Waals surface area contributed by atoms with Crippen LogP contribution in [0, 0.1) is 0 Å². The van der Waals surface area contributed by atoms with E-state index in [4.69, 9.17) is 21.1 Å². The number of nitrogens with zero attached hydrogens (tertiary/aromatic N) is 2. The highest BCUT2D eigenvalue weighted by molar-refractivity contribution is 7.89. The summed E-state index contributed by atoms with van der Waals surface area (Å²) in [6.07, 6.45) is -0.366. The molecule has 8 nitrogen and oxygen atoms in total. The number of halogens is 1. The van der Waals surface area contributed by atoms with E-state index >= 15 is 0 Å². The molecule has 172 valence electrons. The number of rotatable bonds is 6. The molecule has 1 atom stereocenters. The highest BCUT2D eigenvalue weighted by Gasteiger charge is 2.29. The van der Waals surface area contributed by atoms with Crippen molar-refractivity contribution in [1.29, 1.82) is 0 Å². The van der Waals surface area contributed by atoms with E-state index < -0.39 is 15.9 Å². The Hall–Kier alpha value is -2.33. The number of likely N-dealkylation sites (N-methyl/N-ethyl adjacent to an activating group) is 1. The molecule has 0 radical (unpaired) electrons. The minimum Gasteiger partial charge on any atom is -0.486 e. The first-order valence-corrected chi connectivity index (χ1v) is 12.4. The van der Waals surface area contributed by atoms with Crippen LogP contribution in [0.5, 0.6) is 11.5 Å². The second-order valence-electron chi connectivity index (χ2n) is 7.69. The van der Waals surface area contributed by atoms with Crippen molar-refractivity contribution in [3.05, 3.63) is 53.1 Å². The maximum atomic E-state index is 13.1. The summed E-state index contributed by atoms with van der Waals surface area (Å²) in [7, 11) is -3.71. The van der Waals surface area contributed by atoms with Crippen molar-refractivity contribution in [2.45, 2.75) is 17.9 Å². The lowest BCUT2D eigenvalue weighted by molar-refractivity contribution is 0.0789. The highest BCUT2D eigenvalue weighted by atomic mass is 35.5. The number of carbonyl (C=O) groups excluding carboxylic acids is 1. The average molecular weight is 480 g/mol. The van der Waals surface area contributed by atoms with Crippen LogP contribution >= 0.6 is 11.6 Å². The summed E-state index contributed by atoms with van der Waals surface area (Å²) in [5, 5.41) is 2.95. The van der Waals surface area contributed by atoms with Gasteiger partial charge in [-0.3, -0.25) is 4.79 Å². The van der Waals surface area contributed by atoms with E-state index in [1.165, 1.54) is 22.5 Å². The van der Waals surface area contributed by atoms with Crippen molar-refractivity contribution in [1.82, 2.24) is 14.5 Å². The zero-order valence-corrected chi connectivity index (χ0v) is 19.4. The van der Waals surface area contributed by atoms with Gasteiger partial charge in [0.1, 0.15) is 12.7 Å². The van der Waals surface area contributed by atoms with Gasteiger partial charge in [0.2, 0.25) is 10.0 Å². The number of nitrogens with one attached hydrogen (secondary N) is 1. The molecule has 2 aromatic carbocycles. The SMILES string of the molecule is CCN1CCN(S(=O)(=O)c2ccc(Cl)c(C(=O)NCC3COc4ccccc4O3)c2)CC1. The molecule has 1 N–H and O–H groups in total. The van der Waals surface area contributed by atoms with Crippen LogP contribution in [0.3, 0.4) is 0 Å². The lowest BCUT2D eigenvalue weighted by Crippen LogP contribution is -2.48. The van der Waals surface area contributed by atoms with Crippen LogP contribution < -0.4 is 14.8 Å². The van der Waals surface area contributed by atoms with Gasteiger partial charge in [0.05, 0.1) is 22.0 Å². The molecule has 32 heavy (non-hydrogen) atoms. The first-order chi connectivity index (χ1) is 15.4. The molecule has 2 aromatic rings. The predicted molar refractivity (Wildman–Crippen MR) is 121 cm³/mol. The quantitative estimate of drug-likeness (QED) is 0.683. The van der Waals surface area contributed by atoms with Crippen LogP contribution in [-0.4, -0.2) is 75.5 Å². The third kappa shape index (κ3) is 4.85. The number of amides is 1. The molecule has 0 aromatic heterocycles. The second kappa shape index (κ2) is 9.66. The van der Waals surface area contributed by atoms with Crippen LogP contribution in [0.1, 0.15) is 17.3 Å². The van der Waals surface area contributed by atoms with Gasteiger partial charge in [0.25, 0.3) is 5.91 Å². The van der Waals surface area contributed by atoms with Crippen LogP contribution in [0.25, 0.3) is 0 Å². The molecular weight excluding hydrogens is 454 g/mol. The van der Waals surface area contributed by atoms with Gasteiger partial charge in [-0.15, -0.1) is 0 Å². The van der Waals surface area contributed by atoms with Gasteiger partial charge in [0, 0.05) is 26.2 Å². The zero-order chi connectivity index (χ0) is 22.7. The van der Waals surface area contributed by atoms with Gasteiger partial charge in [-0.05, 0) is 36.9 Å². The van der Waals surface area contributed by atoms with E-state index in [-0.39, 0.29) is 28.1 Å². The number of fused-ring (bicyclic) bond motifs is 1. The van der Waals surface area contributed by atoms with E-state index in [2.05, 4.69) is 17.1 Å². The van der Waals surface area contributed by atoms with Gasteiger partial charge in [-0.2, -0.15) is 4.31 Å². The first-order valence-electron chi connectivity index (χ1n) is 10.6. The van der Waals surface area contributed by atoms with Crippen molar-refractivity contribution in [3.63, 3.8) is 0 Å². The van der Waals surface area contributed by atoms with Gasteiger partial charge < -0.3 is 19.7 Å². The molecule has 2 aliphatic rings. The Morgan fingerprint density at radius 3 is 2.56 bits per heavy atom. The standard InChI is InChI=1S/C22H26ClN3O5S/c1-2-25-9-11-26(12-10-25)32(28,29)17-7-8-19(23)18(13-17)22(27)24-14-16-15-30-20-5-3-4-6-21(20)31-16/h3-8,13,16H,2,9-12,14-15H2,1H3,(H,24,27). The molecular formula is C22H26ClN3O5S. The molecule has 10 heteroatoms. The second-order valence-corrected chi connectivity index (χ2v) is 10.0. The fourth-order valence-corrected chi connectivity index (χ4v) is 5.39. The van der Waals surface area contributed by atoms with Crippen LogP contribution in [-0.2, 0) is 10.0 Å². The number of para-hydroxylation sites is 2. The summed E-state index contributed by atoms with van der Waals surface area (Å²) in [6.45, 7) is 5.63. The Kier molecular flexibility index (Phi) is 6.90. The van der Waals surface area contributed by atoms with E-state index in [0.29, 0.717) is 44.3 Å². The van der Waals surface area contributed by atoms with Gasteiger partial charge in [0.15, 0.2) is 11.5 Å². The Bertz CT molecular complexity index is 1090. The predicted octanol–water partition coefficient (Wildman–Crippen LogP) is 2.24. The normalized spacial score (nSPS) is 19.5. The van der Waals surface area contributed by atoms with Crippen LogP contribution in [0.15, 0.2) is 47.4 Å². The Balaban J connectivity index is 1.43. The smallest absolute Gasteiger partial charge is 0.252 e. The van der Waals surface area contributed by atoms with Crippen molar-refractivity contribution < 1.29 is 22.7 Å². The fraction of sp³-hybridized carbons (Fsp3) is 0.409. The molecule has 0 saturated carbocycles. The molecule has 2 heterocycles. The minimum atomic E-state index is -3.71. The summed E-state index contributed by atoms with van der Waals surface area (Å²) in [4.78, 5) is 15.0. The third-order valence-corrected chi connectivity index (χ3v) is 7.88. The van der Waals surface area contributed by atoms with E-state index in [0.717, 1.165) is 6.54 Å². The van der Waals surface area contributed by atoms with Crippen molar-refractivity contribution in [2.75, 3.05) is 45.9 Å². The minimum absolute atomic E-state index is 0.0585. The molecule has 1 saturated heterocycles. The number of hydrogen-bond donors (Lipinski definition) is 1. The maximum Gasteiger partial charge on any atom is 0.252 e. The first kappa shape index (κ1) is 22.8. The molecule has 1 unspecified atom stereocenters. The highest BCUT2D eigenvalue weighted by Crippen LogP contribution is 2.30. The lowest BCUT2D eigenvalue weighted by Gasteiger charge is -2.33. The summed E-state index contributed by atoms with van der Waals surface area (Å²) in [6, 6.07) is 11.5. The number of carbonyl (C=O) groups is 1. The van der Waals surface area contributed by atoms with E-state index in [1.807, 2.05) is 18.2 Å². The van der Waals surface area contributed by atoms with Crippen molar-refractivity contribution in [2.24, 2.45) is 0 Å². The van der Waals surface area contributed by atoms with Crippen molar-refractivity contribution in [3.8, 4) is 11.5 Å². The number of ether oxygens (including phenoxy) is 2. The van der Waals surface area contributed by atoms with Crippen LogP contribution in [0.2, 0.25) is 5.02 Å². The van der Waals surface area contributed by atoms with E-state index in [1.54, 1.807) is 6.07 Å². The molecule has 1 fully saturated rings. The van der Waals surface area contributed by atoms with Crippen LogP contribution in [0.4, 0.5) is 0 Å². The summed E-state index contributed by atoms with van der Waals surface area (Å²) in [5.41, 5.74) is 0.108. The maximum absolute atomic E-state index is 13.1. The lowest BCUT2D eigenvalue weighted by atomic mass is 10.2. The molecule has 4 rings (SSSR count). The van der Waals surface area contributed by atoms with Crippen molar-refractivity contribution >= 4 is 27.5 Å². The number of benzene rings is 2. The monoisotopic (exact) mass is 479 g/mol. The van der Waals surface area contributed by atoms with E-state index in [9.17, 15) is 13.2 Å². The third-order valence-electron chi connectivity index (χ3n) is 5.66. The fourth-order valence-electron chi connectivity index (χ4n) is 3.74. The molecule has 2 aliphatic heterocycles. The van der Waals surface area contributed by atoms with Gasteiger partial charge in [-0.1, -0.05) is 30.7 Å². The number of sulfonamides is 1. The van der Waals surface area contributed by atoms with Gasteiger partial charge >= 0.3 is 0 Å². The zero-order valence-electron chi connectivity index (χ0n) is 17.8. The average Bonchev–Trinajstić information content (AvgIpc) is 2.82. The Morgan fingerprint density at radius 2 is 1.84 bits per heavy atom. The topological polar surface area (TPSA) is 88.2 Å². The molecule has 0 spiro atoms. The summed E-state index contributed by atoms with van der Waals surface area (Å²) in [5.74, 6) is 0.813. The molecule has 0 bridgehead atoms. The molecule has 1 amide bonds.